The van der Waals surface area contributed by atoms with Gasteiger partial charge in [0.25, 0.3) is 11.6 Å². The van der Waals surface area contributed by atoms with Crippen molar-refractivity contribution in [2.45, 2.75) is 13.0 Å². The first-order valence-electron chi connectivity index (χ1n) is 8.00. The van der Waals surface area contributed by atoms with Gasteiger partial charge in [0.05, 0.1) is 5.39 Å². The van der Waals surface area contributed by atoms with Crippen molar-refractivity contribution in [3.63, 3.8) is 0 Å². The standard InChI is InChI=1S/C17H14ClN5O2S/c18-11-3-4-14-13(8-11)17(25)22(16-9-20-21-23(14)16)10-15(24)19-6-5-12-2-1-7-26-12/h1-4,7-9H,5-6,10H2,(H,19,24)/p+1. The lowest BCUT2D eigenvalue weighted by Gasteiger charge is -2.06. The Morgan fingerprint density at radius 1 is 1.38 bits per heavy atom. The van der Waals surface area contributed by atoms with Crippen molar-refractivity contribution in [1.29, 1.82) is 0 Å². The number of benzene rings is 1. The first-order valence-corrected chi connectivity index (χ1v) is 9.25. The molecular formula is C17H15ClN5O2S+. The van der Waals surface area contributed by atoms with Crippen molar-refractivity contribution in [3.8, 4) is 0 Å². The summed E-state index contributed by atoms with van der Waals surface area (Å²) in [6, 6.07) is 9.06. The van der Waals surface area contributed by atoms with Gasteiger partial charge in [0.15, 0.2) is 6.54 Å². The Bertz CT molecular complexity index is 1150. The molecule has 7 nitrogen and oxygen atoms in total. The van der Waals surface area contributed by atoms with E-state index in [1.165, 1.54) is 15.6 Å². The highest BCUT2D eigenvalue weighted by atomic mass is 35.5. The lowest BCUT2D eigenvalue weighted by molar-refractivity contribution is -0.557. The molecule has 4 aromatic rings. The summed E-state index contributed by atoms with van der Waals surface area (Å²) in [6.45, 7) is 0.434. The topological polar surface area (TPSA) is 83.9 Å². The van der Waals surface area contributed by atoms with Crippen LogP contribution in [0.15, 0.2) is 46.7 Å². The molecule has 4 rings (SSSR count). The van der Waals surface area contributed by atoms with Gasteiger partial charge in [-0.2, -0.15) is 0 Å². The average molecular weight is 389 g/mol. The maximum Gasteiger partial charge on any atom is 0.318 e. The molecule has 9 heteroatoms. The fraction of sp³-hybridized carbons (Fsp3) is 0.176. The van der Waals surface area contributed by atoms with Crippen LogP contribution in [0.1, 0.15) is 4.88 Å². The highest BCUT2D eigenvalue weighted by Gasteiger charge is 2.20. The van der Waals surface area contributed by atoms with Crippen LogP contribution in [0, 0.1) is 0 Å². The second-order valence-electron chi connectivity index (χ2n) is 5.78. The van der Waals surface area contributed by atoms with E-state index < -0.39 is 0 Å². The Morgan fingerprint density at radius 2 is 2.27 bits per heavy atom. The molecule has 3 heterocycles. The Labute approximate surface area is 156 Å². The number of hydrogen-bond acceptors (Lipinski definition) is 4. The molecule has 0 unspecified atom stereocenters. The lowest BCUT2D eigenvalue weighted by Crippen LogP contribution is -2.39. The Kier molecular flexibility index (Phi) is 4.44. The molecule has 0 atom stereocenters. The fourth-order valence-corrected chi connectivity index (χ4v) is 3.76. The van der Waals surface area contributed by atoms with E-state index in [1.54, 1.807) is 34.1 Å². The van der Waals surface area contributed by atoms with Crippen LogP contribution in [0.4, 0.5) is 0 Å². The summed E-state index contributed by atoms with van der Waals surface area (Å²) in [6.07, 6.45) is 2.29. The van der Waals surface area contributed by atoms with Crippen LogP contribution >= 0.6 is 22.9 Å². The third-order valence-electron chi connectivity index (χ3n) is 4.09. The van der Waals surface area contributed by atoms with Gasteiger partial charge in [-0.3, -0.25) is 9.59 Å². The summed E-state index contributed by atoms with van der Waals surface area (Å²) in [5.74, 6) is -0.229. The lowest BCUT2D eigenvalue weighted by atomic mass is 10.2. The monoisotopic (exact) mass is 388 g/mol. The van der Waals surface area contributed by atoms with Gasteiger partial charge < -0.3 is 5.32 Å². The molecule has 2 N–H and O–H groups in total. The number of H-pyrrole nitrogens is 1. The number of amides is 1. The summed E-state index contributed by atoms with van der Waals surface area (Å²) in [7, 11) is 0. The van der Waals surface area contributed by atoms with E-state index in [2.05, 4.69) is 15.6 Å². The van der Waals surface area contributed by atoms with Crippen molar-refractivity contribution in [2.24, 2.45) is 0 Å². The number of aromatic nitrogens is 4. The van der Waals surface area contributed by atoms with Crippen LogP contribution in [0.25, 0.3) is 16.6 Å². The molecule has 1 aromatic carbocycles. The van der Waals surface area contributed by atoms with Crippen molar-refractivity contribution >= 4 is 45.4 Å². The van der Waals surface area contributed by atoms with Crippen LogP contribution in [0.2, 0.25) is 5.02 Å². The summed E-state index contributed by atoms with van der Waals surface area (Å²) in [4.78, 5) is 26.4. The predicted octanol–water partition coefficient (Wildman–Crippen LogP) is 1.54. The number of thiophene rings is 1. The van der Waals surface area contributed by atoms with Gasteiger partial charge in [-0.1, -0.05) is 17.7 Å². The smallest absolute Gasteiger partial charge is 0.318 e. The van der Waals surface area contributed by atoms with Crippen LogP contribution in [-0.2, 0) is 17.8 Å². The molecule has 132 valence electrons. The fourth-order valence-electron chi connectivity index (χ4n) is 2.88. The highest BCUT2D eigenvalue weighted by Crippen LogP contribution is 2.14. The normalized spacial score (nSPS) is 11.3. The quantitative estimate of drug-likeness (QED) is 0.509. The molecule has 0 aliphatic carbocycles. The minimum absolute atomic E-state index is 0.0885. The molecule has 0 spiro atoms. The van der Waals surface area contributed by atoms with Gasteiger partial charge in [0.2, 0.25) is 6.20 Å². The Morgan fingerprint density at radius 3 is 3.08 bits per heavy atom. The number of halogens is 1. The van der Waals surface area contributed by atoms with Crippen LogP contribution in [0.3, 0.4) is 0 Å². The minimum Gasteiger partial charge on any atom is -0.353 e. The minimum atomic E-state index is -0.280. The molecule has 26 heavy (non-hydrogen) atoms. The van der Waals surface area contributed by atoms with E-state index >= 15 is 0 Å². The second kappa shape index (κ2) is 6.89. The number of carbonyl (C=O) groups is 1. The highest BCUT2D eigenvalue weighted by molar-refractivity contribution is 7.09. The van der Waals surface area contributed by atoms with Gasteiger partial charge >= 0.3 is 5.56 Å². The van der Waals surface area contributed by atoms with Gasteiger partial charge in [-0.05, 0) is 41.2 Å². The second-order valence-corrected chi connectivity index (χ2v) is 7.25. The van der Waals surface area contributed by atoms with E-state index in [9.17, 15) is 9.59 Å². The zero-order chi connectivity index (χ0) is 18.1. The molecule has 0 bridgehead atoms. The molecule has 0 fully saturated rings. The van der Waals surface area contributed by atoms with Crippen LogP contribution in [0.5, 0.6) is 0 Å². The van der Waals surface area contributed by atoms with Crippen LogP contribution < -0.4 is 15.4 Å². The largest absolute Gasteiger partial charge is 0.353 e. The molecule has 0 saturated heterocycles. The maximum atomic E-state index is 12.9. The SMILES string of the molecule is O=C(Cn1c(=O)c2cc(Cl)ccc2[n+]2[nH]ncc12)NCCc1cccs1. The number of rotatable bonds is 5. The summed E-state index contributed by atoms with van der Waals surface area (Å²) < 4.78 is 3.05. The van der Waals surface area contributed by atoms with Crippen LogP contribution in [-0.4, -0.2) is 27.3 Å². The van der Waals surface area contributed by atoms with Gasteiger partial charge in [-0.15, -0.1) is 21.1 Å². The zero-order valence-electron chi connectivity index (χ0n) is 13.6. The maximum absolute atomic E-state index is 12.9. The zero-order valence-corrected chi connectivity index (χ0v) is 15.2. The van der Waals surface area contributed by atoms with Crippen molar-refractivity contribution in [3.05, 3.63) is 62.2 Å². The molecule has 3 aromatic heterocycles. The van der Waals surface area contributed by atoms with Crippen molar-refractivity contribution < 1.29 is 9.31 Å². The average Bonchev–Trinajstić information content (AvgIpc) is 3.30. The van der Waals surface area contributed by atoms with Crippen molar-refractivity contribution in [1.82, 2.24) is 20.2 Å². The van der Waals surface area contributed by atoms with E-state index in [0.29, 0.717) is 28.1 Å². The molecular weight excluding hydrogens is 374 g/mol. The van der Waals surface area contributed by atoms with Gasteiger partial charge in [0.1, 0.15) is 5.52 Å². The first kappa shape index (κ1) is 16.7. The predicted molar refractivity (Wildman–Crippen MR) is 99.6 cm³/mol. The molecule has 1 amide bonds. The van der Waals surface area contributed by atoms with Gasteiger partial charge in [0, 0.05) is 16.4 Å². The Hall–Kier alpha value is -2.71. The number of carbonyl (C=O) groups excluding carboxylic acids is 1. The third kappa shape index (κ3) is 3.09. The third-order valence-corrected chi connectivity index (χ3v) is 5.27. The van der Waals surface area contributed by atoms with E-state index in [1.807, 2.05) is 17.5 Å². The number of nitrogens with one attached hydrogen (secondary N) is 2. The number of fused-ring (bicyclic) bond motifs is 3. The summed E-state index contributed by atoms with van der Waals surface area (Å²) in [5.41, 5.74) is 0.886. The van der Waals surface area contributed by atoms with E-state index in [-0.39, 0.29) is 18.0 Å². The number of aromatic amines is 1. The first-order chi connectivity index (χ1) is 12.6. The van der Waals surface area contributed by atoms with E-state index in [0.717, 1.165) is 6.42 Å². The summed E-state index contributed by atoms with van der Waals surface area (Å²) >= 11 is 7.68. The number of hydrogen-bond donors (Lipinski definition) is 2. The van der Waals surface area contributed by atoms with Gasteiger partial charge in [-0.25, -0.2) is 4.57 Å². The molecule has 0 saturated carbocycles. The van der Waals surface area contributed by atoms with E-state index in [4.69, 9.17) is 11.6 Å². The molecule has 0 aliphatic rings. The number of nitrogens with zero attached hydrogens (tertiary/aromatic N) is 3. The van der Waals surface area contributed by atoms with Crippen molar-refractivity contribution in [2.75, 3.05) is 6.54 Å². The Balaban J connectivity index is 1.62. The summed E-state index contributed by atoms with van der Waals surface area (Å²) in [5, 5.41) is 12.6. The molecule has 0 aliphatic heterocycles. The molecule has 0 radical (unpaired) electrons.